The molecule has 2 aromatic carbocycles. The van der Waals surface area contributed by atoms with Crippen LogP contribution in [-0.2, 0) is 17.8 Å². The van der Waals surface area contributed by atoms with Gasteiger partial charge in [-0.05, 0) is 56.2 Å². The lowest BCUT2D eigenvalue weighted by molar-refractivity contribution is -0.0572. The molecule has 2 aromatic rings. The van der Waals surface area contributed by atoms with Crippen molar-refractivity contribution < 1.29 is 23.7 Å². The van der Waals surface area contributed by atoms with Gasteiger partial charge < -0.3 is 19.3 Å². The second-order valence-electron chi connectivity index (χ2n) is 8.06. The third kappa shape index (κ3) is 8.01. The van der Waals surface area contributed by atoms with Gasteiger partial charge in [0, 0.05) is 19.6 Å². The van der Waals surface area contributed by atoms with Crippen LogP contribution >= 0.6 is 0 Å². The lowest BCUT2D eigenvalue weighted by Crippen LogP contribution is -2.36. The fourth-order valence-corrected chi connectivity index (χ4v) is 2.97. The second-order valence-corrected chi connectivity index (χ2v) is 8.06. The van der Waals surface area contributed by atoms with E-state index in [0.717, 1.165) is 11.1 Å². The van der Waals surface area contributed by atoms with E-state index >= 15 is 0 Å². The molecule has 0 radical (unpaired) electrons. The van der Waals surface area contributed by atoms with Gasteiger partial charge in [0.1, 0.15) is 5.82 Å². The van der Waals surface area contributed by atoms with Crippen LogP contribution in [0.25, 0.3) is 0 Å². The van der Waals surface area contributed by atoms with Gasteiger partial charge in [-0.3, -0.25) is 4.90 Å². The number of benzene rings is 2. The molecule has 0 aliphatic rings. The molecule has 5 nitrogen and oxygen atoms in total. The number of aliphatic hydroxyl groups is 1. The number of ether oxygens (including phenoxy) is 3. The average Bonchev–Trinajstić information content (AvgIpc) is 2.67. The van der Waals surface area contributed by atoms with E-state index in [1.807, 2.05) is 39.0 Å². The van der Waals surface area contributed by atoms with Crippen molar-refractivity contribution in [2.24, 2.45) is 0 Å². The summed E-state index contributed by atoms with van der Waals surface area (Å²) in [5.74, 6) is 1.06. The van der Waals surface area contributed by atoms with Crippen LogP contribution in [0.2, 0.25) is 0 Å². The van der Waals surface area contributed by atoms with Gasteiger partial charge in [0.15, 0.2) is 11.5 Å². The third-order valence-electron chi connectivity index (χ3n) is 4.35. The molecule has 1 N–H and O–H groups in total. The van der Waals surface area contributed by atoms with Crippen molar-refractivity contribution in [3.05, 3.63) is 59.4 Å². The van der Waals surface area contributed by atoms with Gasteiger partial charge in [0.05, 0.1) is 32.5 Å². The molecule has 2 rings (SSSR count). The minimum Gasteiger partial charge on any atom is -0.493 e. The molecule has 0 amide bonds. The highest BCUT2D eigenvalue weighted by Gasteiger charge is 2.18. The first-order chi connectivity index (χ1) is 13.7. The van der Waals surface area contributed by atoms with Crippen LogP contribution in [0, 0.1) is 5.82 Å². The minimum atomic E-state index is -0.644. The zero-order valence-electron chi connectivity index (χ0n) is 17.9. The summed E-state index contributed by atoms with van der Waals surface area (Å²) in [7, 11) is 3.20. The van der Waals surface area contributed by atoms with Crippen LogP contribution in [-0.4, -0.2) is 49.1 Å². The third-order valence-corrected chi connectivity index (χ3v) is 4.35. The normalized spacial score (nSPS) is 12.8. The predicted molar refractivity (Wildman–Crippen MR) is 112 cm³/mol. The van der Waals surface area contributed by atoms with Crippen molar-refractivity contribution in [3.63, 3.8) is 0 Å². The average molecular weight is 406 g/mol. The van der Waals surface area contributed by atoms with Crippen LogP contribution in [0.5, 0.6) is 11.5 Å². The van der Waals surface area contributed by atoms with E-state index in [-0.39, 0.29) is 18.0 Å². The number of nitrogens with zero attached hydrogens (tertiary/aromatic N) is 1. The van der Waals surface area contributed by atoms with Gasteiger partial charge in [0.2, 0.25) is 0 Å². The molecule has 0 unspecified atom stereocenters. The zero-order valence-corrected chi connectivity index (χ0v) is 17.9. The Morgan fingerprint density at radius 3 is 2.10 bits per heavy atom. The summed E-state index contributed by atoms with van der Waals surface area (Å²) in [5.41, 5.74) is 1.68. The van der Waals surface area contributed by atoms with Gasteiger partial charge in [-0.15, -0.1) is 0 Å². The Bertz CT molecular complexity index is 758. The van der Waals surface area contributed by atoms with E-state index in [4.69, 9.17) is 14.2 Å². The Kier molecular flexibility index (Phi) is 8.44. The van der Waals surface area contributed by atoms with Gasteiger partial charge in [-0.25, -0.2) is 4.39 Å². The highest BCUT2D eigenvalue weighted by Crippen LogP contribution is 2.28. The molecule has 6 heteroatoms. The summed E-state index contributed by atoms with van der Waals surface area (Å²) in [4.78, 5) is 2.10. The van der Waals surface area contributed by atoms with Crippen molar-refractivity contribution >= 4 is 0 Å². The number of aliphatic hydroxyl groups excluding tert-OH is 1. The maximum Gasteiger partial charge on any atom is 0.161 e. The Morgan fingerprint density at radius 1 is 0.931 bits per heavy atom. The van der Waals surface area contributed by atoms with E-state index in [0.29, 0.717) is 31.1 Å². The lowest BCUT2D eigenvalue weighted by Gasteiger charge is -2.28. The van der Waals surface area contributed by atoms with E-state index in [9.17, 15) is 9.50 Å². The summed E-state index contributed by atoms with van der Waals surface area (Å²) in [6.07, 6.45) is -0.644. The van der Waals surface area contributed by atoms with E-state index in [2.05, 4.69) is 4.90 Å². The molecule has 0 heterocycles. The summed E-state index contributed by atoms with van der Waals surface area (Å²) < 4.78 is 29.7. The van der Waals surface area contributed by atoms with Crippen molar-refractivity contribution in [2.45, 2.75) is 45.6 Å². The van der Waals surface area contributed by atoms with Crippen LogP contribution in [0.4, 0.5) is 4.39 Å². The van der Waals surface area contributed by atoms with Crippen LogP contribution < -0.4 is 9.47 Å². The Hall–Kier alpha value is -2.15. The first-order valence-electron chi connectivity index (χ1n) is 9.70. The predicted octanol–water partition coefficient (Wildman–Crippen LogP) is 4.02. The molecule has 0 aromatic heterocycles. The van der Waals surface area contributed by atoms with Crippen molar-refractivity contribution in [1.29, 1.82) is 0 Å². The molecule has 160 valence electrons. The largest absolute Gasteiger partial charge is 0.493 e. The molecule has 0 aliphatic heterocycles. The van der Waals surface area contributed by atoms with E-state index in [1.165, 1.54) is 12.1 Å². The Labute approximate surface area is 173 Å². The van der Waals surface area contributed by atoms with Gasteiger partial charge in [-0.2, -0.15) is 0 Å². The first-order valence-corrected chi connectivity index (χ1v) is 9.70. The highest BCUT2D eigenvalue weighted by molar-refractivity contribution is 5.42. The first kappa shape index (κ1) is 23.1. The number of hydrogen-bond donors (Lipinski definition) is 1. The summed E-state index contributed by atoms with van der Waals surface area (Å²) in [6, 6.07) is 12.2. The van der Waals surface area contributed by atoms with Crippen molar-refractivity contribution in [1.82, 2.24) is 4.90 Å². The molecule has 0 aliphatic carbocycles. The SMILES string of the molecule is COc1ccc(CN(Cc2ccc(F)cc2)C[C@@H](O)COC(C)(C)C)cc1OC. The number of halogens is 1. The second kappa shape index (κ2) is 10.6. The summed E-state index contributed by atoms with van der Waals surface area (Å²) in [5, 5.41) is 10.5. The zero-order chi connectivity index (χ0) is 21.4. The maximum atomic E-state index is 13.3. The van der Waals surface area contributed by atoms with Crippen LogP contribution in [0.3, 0.4) is 0 Å². The molecular weight excluding hydrogens is 373 g/mol. The molecule has 0 bridgehead atoms. The van der Waals surface area contributed by atoms with Gasteiger partial charge >= 0.3 is 0 Å². The smallest absolute Gasteiger partial charge is 0.161 e. The van der Waals surface area contributed by atoms with Crippen LogP contribution in [0.15, 0.2) is 42.5 Å². The summed E-state index contributed by atoms with van der Waals surface area (Å²) in [6.45, 7) is 7.70. The number of methoxy groups -OCH3 is 2. The number of rotatable bonds is 10. The van der Waals surface area contributed by atoms with Gasteiger partial charge in [0.25, 0.3) is 0 Å². The standard InChI is InChI=1S/C23H32FNO4/c1-23(2,3)29-16-20(26)15-25(13-17-6-9-19(24)10-7-17)14-18-8-11-21(27-4)22(12-18)28-5/h6-12,20,26H,13-16H2,1-5H3/t20-/m1/s1. The van der Waals surface area contributed by atoms with E-state index in [1.54, 1.807) is 26.4 Å². The molecule has 0 spiro atoms. The molecule has 0 saturated heterocycles. The van der Waals surface area contributed by atoms with Crippen molar-refractivity contribution in [3.8, 4) is 11.5 Å². The molecule has 29 heavy (non-hydrogen) atoms. The lowest BCUT2D eigenvalue weighted by atomic mass is 10.1. The highest BCUT2D eigenvalue weighted by atomic mass is 19.1. The molecule has 0 fully saturated rings. The van der Waals surface area contributed by atoms with E-state index < -0.39 is 6.10 Å². The quantitative estimate of drug-likeness (QED) is 0.647. The Balaban J connectivity index is 2.13. The number of hydrogen-bond acceptors (Lipinski definition) is 5. The molecule has 0 saturated carbocycles. The van der Waals surface area contributed by atoms with Gasteiger partial charge in [-0.1, -0.05) is 18.2 Å². The molecule has 1 atom stereocenters. The monoisotopic (exact) mass is 405 g/mol. The summed E-state index contributed by atoms with van der Waals surface area (Å²) >= 11 is 0. The molecular formula is C23H32FNO4. The fraction of sp³-hybridized carbons (Fsp3) is 0.478. The topological polar surface area (TPSA) is 51.2 Å². The van der Waals surface area contributed by atoms with Crippen molar-refractivity contribution in [2.75, 3.05) is 27.4 Å². The fourth-order valence-electron chi connectivity index (χ4n) is 2.97. The van der Waals surface area contributed by atoms with Crippen LogP contribution in [0.1, 0.15) is 31.9 Å². The maximum absolute atomic E-state index is 13.3. The Morgan fingerprint density at radius 2 is 1.52 bits per heavy atom. The minimum absolute atomic E-state index is 0.245.